The molecule has 1 unspecified atom stereocenters. The summed E-state index contributed by atoms with van der Waals surface area (Å²) in [5, 5.41) is 12.4. The molecular formula is C11H10NO3. The SMILES string of the molecule is COC(=O)C([O])c1c[nH]c2ccccc12. The average molecular weight is 204 g/mol. The van der Waals surface area contributed by atoms with Crippen LogP contribution in [0, 0.1) is 0 Å². The van der Waals surface area contributed by atoms with Gasteiger partial charge in [0.25, 0.3) is 0 Å². The van der Waals surface area contributed by atoms with Crippen LogP contribution in [0.3, 0.4) is 0 Å². The van der Waals surface area contributed by atoms with Gasteiger partial charge >= 0.3 is 5.97 Å². The van der Waals surface area contributed by atoms with Crippen molar-refractivity contribution in [3.05, 3.63) is 36.0 Å². The first-order chi connectivity index (χ1) is 7.24. The van der Waals surface area contributed by atoms with E-state index < -0.39 is 12.1 Å². The molecule has 4 heteroatoms. The van der Waals surface area contributed by atoms with Gasteiger partial charge in [-0.25, -0.2) is 9.90 Å². The van der Waals surface area contributed by atoms with Gasteiger partial charge in [0, 0.05) is 22.7 Å². The number of H-pyrrole nitrogens is 1. The predicted octanol–water partition coefficient (Wildman–Crippen LogP) is 1.81. The van der Waals surface area contributed by atoms with E-state index in [2.05, 4.69) is 9.72 Å². The van der Waals surface area contributed by atoms with Gasteiger partial charge in [-0.1, -0.05) is 18.2 Å². The van der Waals surface area contributed by atoms with E-state index in [9.17, 15) is 9.90 Å². The molecule has 1 N–H and O–H groups in total. The van der Waals surface area contributed by atoms with Crippen LogP contribution < -0.4 is 0 Å². The number of carbonyl (C=O) groups is 1. The lowest BCUT2D eigenvalue weighted by Crippen LogP contribution is -2.11. The Labute approximate surface area is 86.5 Å². The number of aromatic nitrogens is 1. The second kappa shape index (κ2) is 3.74. The lowest BCUT2D eigenvalue weighted by Gasteiger charge is -2.04. The molecule has 0 saturated heterocycles. The zero-order chi connectivity index (χ0) is 10.8. The van der Waals surface area contributed by atoms with Crippen LogP contribution in [0.2, 0.25) is 0 Å². The number of rotatable bonds is 2. The van der Waals surface area contributed by atoms with Gasteiger partial charge in [0.05, 0.1) is 7.11 Å². The molecule has 0 fully saturated rings. The van der Waals surface area contributed by atoms with Gasteiger partial charge in [0.2, 0.25) is 6.10 Å². The quantitative estimate of drug-likeness (QED) is 0.758. The molecule has 0 saturated carbocycles. The summed E-state index contributed by atoms with van der Waals surface area (Å²) in [5.74, 6) is -0.764. The van der Waals surface area contributed by atoms with Crippen molar-refractivity contribution < 1.29 is 14.6 Å². The molecular weight excluding hydrogens is 194 g/mol. The first-order valence-electron chi connectivity index (χ1n) is 4.53. The van der Waals surface area contributed by atoms with Gasteiger partial charge in [-0.2, -0.15) is 0 Å². The third kappa shape index (κ3) is 1.59. The van der Waals surface area contributed by atoms with Gasteiger partial charge in [-0.15, -0.1) is 0 Å². The molecule has 0 amide bonds. The van der Waals surface area contributed by atoms with E-state index in [0.717, 1.165) is 10.9 Å². The normalized spacial score (nSPS) is 12.7. The third-order valence-electron chi connectivity index (χ3n) is 2.32. The van der Waals surface area contributed by atoms with Crippen LogP contribution in [0.4, 0.5) is 0 Å². The first kappa shape index (κ1) is 9.73. The molecule has 15 heavy (non-hydrogen) atoms. The maximum absolute atomic E-state index is 11.6. The standard InChI is InChI=1S/C11H10NO3/c1-15-11(14)10(13)8-6-12-9-5-3-2-4-7(8)9/h2-6,10,12H,1H3. The highest BCUT2D eigenvalue weighted by Crippen LogP contribution is 2.24. The summed E-state index contributed by atoms with van der Waals surface area (Å²) in [6.45, 7) is 0. The Hall–Kier alpha value is -1.81. The highest BCUT2D eigenvalue weighted by molar-refractivity contribution is 5.88. The van der Waals surface area contributed by atoms with Crippen molar-refractivity contribution >= 4 is 16.9 Å². The second-order valence-corrected chi connectivity index (χ2v) is 3.19. The molecule has 1 atom stereocenters. The maximum Gasteiger partial charge on any atom is 0.343 e. The van der Waals surface area contributed by atoms with E-state index in [1.807, 2.05) is 18.2 Å². The van der Waals surface area contributed by atoms with E-state index in [1.54, 1.807) is 12.3 Å². The summed E-state index contributed by atoms with van der Waals surface area (Å²) in [4.78, 5) is 14.0. The lowest BCUT2D eigenvalue weighted by atomic mass is 10.1. The first-order valence-corrected chi connectivity index (χ1v) is 4.53. The van der Waals surface area contributed by atoms with E-state index in [1.165, 1.54) is 7.11 Å². The van der Waals surface area contributed by atoms with Crippen molar-refractivity contribution in [1.82, 2.24) is 4.98 Å². The van der Waals surface area contributed by atoms with Gasteiger partial charge < -0.3 is 9.72 Å². The van der Waals surface area contributed by atoms with E-state index in [-0.39, 0.29) is 0 Å². The molecule has 1 aromatic heterocycles. The van der Waals surface area contributed by atoms with Crippen LogP contribution in [0.1, 0.15) is 11.7 Å². The van der Waals surface area contributed by atoms with Gasteiger partial charge in [0.15, 0.2) is 0 Å². The summed E-state index contributed by atoms with van der Waals surface area (Å²) in [7, 11) is 1.21. The number of aromatic amines is 1. The Bertz CT molecular complexity index is 489. The Morgan fingerprint density at radius 1 is 1.40 bits per heavy atom. The minimum atomic E-state index is -1.48. The van der Waals surface area contributed by atoms with Gasteiger partial charge in [0.1, 0.15) is 0 Å². The molecule has 2 aromatic rings. The zero-order valence-corrected chi connectivity index (χ0v) is 8.19. The number of benzene rings is 1. The number of para-hydroxylation sites is 1. The highest BCUT2D eigenvalue weighted by Gasteiger charge is 2.22. The summed E-state index contributed by atoms with van der Waals surface area (Å²) < 4.78 is 4.42. The molecule has 1 heterocycles. The number of fused-ring (bicyclic) bond motifs is 1. The summed E-state index contributed by atoms with van der Waals surface area (Å²) >= 11 is 0. The van der Waals surface area contributed by atoms with E-state index in [0.29, 0.717) is 5.56 Å². The van der Waals surface area contributed by atoms with Crippen molar-refractivity contribution in [2.75, 3.05) is 7.11 Å². The average Bonchev–Trinajstić information content (AvgIpc) is 2.70. The number of nitrogens with one attached hydrogen (secondary N) is 1. The molecule has 0 aliphatic heterocycles. The number of esters is 1. The Morgan fingerprint density at radius 2 is 2.13 bits per heavy atom. The number of hydrogen-bond donors (Lipinski definition) is 1. The Morgan fingerprint density at radius 3 is 2.87 bits per heavy atom. The van der Waals surface area contributed by atoms with Crippen molar-refractivity contribution in [3.8, 4) is 0 Å². The number of hydrogen-bond acceptors (Lipinski definition) is 2. The number of carbonyl (C=O) groups excluding carboxylic acids is 1. The van der Waals surface area contributed by atoms with E-state index >= 15 is 0 Å². The molecule has 1 radical (unpaired) electrons. The number of ether oxygens (including phenoxy) is 1. The van der Waals surface area contributed by atoms with Crippen molar-refractivity contribution in [1.29, 1.82) is 0 Å². The zero-order valence-electron chi connectivity index (χ0n) is 8.19. The van der Waals surface area contributed by atoms with Crippen LogP contribution in [0.5, 0.6) is 0 Å². The fraction of sp³-hybridized carbons (Fsp3) is 0.182. The monoisotopic (exact) mass is 204 g/mol. The lowest BCUT2D eigenvalue weighted by molar-refractivity contribution is -0.154. The molecule has 1 aromatic carbocycles. The largest absolute Gasteiger partial charge is 0.467 e. The topological polar surface area (TPSA) is 62.0 Å². The van der Waals surface area contributed by atoms with Crippen LogP contribution in [0.15, 0.2) is 30.5 Å². The number of methoxy groups -OCH3 is 1. The van der Waals surface area contributed by atoms with E-state index in [4.69, 9.17) is 0 Å². The van der Waals surface area contributed by atoms with Crippen molar-refractivity contribution in [2.24, 2.45) is 0 Å². The van der Waals surface area contributed by atoms with Crippen LogP contribution in [0.25, 0.3) is 10.9 Å². The minimum Gasteiger partial charge on any atom is -0.467 e. The molecule has 0 bridgehead atoms. The molecule has 4 nitrogen and oxygen atoms in total. The van der Waals surface area contributed by atoms with Crippen molar-refractivity contribution in [2.45, 2.75) is 6.10 Å². The van der Waals surface area contributed by atoms with Crippen LogP contribution in [-0.2, 0) is 14.6 Å². The Balaban J connectivity index is 2.48. The second-order valence-electron chi connectivity index (χ2n) is 3.19. The molecule has 0 aliphatic rings. The summed E-state index contributed by atoms with van der Waals surface area (Å²) in [6.07, 6.45) is 0.0744. The minimum absolute atomic E-state index is 0.428. The summed E-state index contributed by atoms with van der Waals surface area (Å²) in [5.41, 5.74) is 1.27. The predicted molar refractivity (Wildman–Crippen MR) is 53.7 cm³/mol. The fourth-order valence-corrected chi connectivity index (χ4v) is 1.54. The van der Waals surface area contributed by atoms with Gasteiger partial charge in [-0.3, -0.25) is 0 Å². The molecule has 0 aliphatic carbocycles. The maximum atomic E-state index is 11.6. The van der Waals surface area contributed by atoms with Gasteiger partial charge in [-0.05, 0) is 6.07 Å². The molecule has 77 valence electrons. The highest BCUT2D eigenvalue weighted by atomic mass is 16.5. The smallest absolute Gasteiger partial charge is 0.343 e. The van der Waals surface area contributed by atoms with Crippen LogP contribution >= 0.6 is 0 Å². The Kier molecular flexibility index (Phi) is 2.43. The summed E-state index contributed by atoms with van der Waals surface area (Å²) in [6, 6.07) is 7.34. The fourth-order valence-electron chi connectivity index (χ4n) is 1.54. The third-order valence-corrected chi connectivity index (χ3v) is 2.32. The van der Waals surface area contributed by atoms with Crippen LogP contribution in [-0.4, -0.2) is 18.1 Å². The molecule has 2 rings (SSSR count). The molecule has 0 spiro atoms. The van der Waals surface area contributed by atoms with Crippen molar-refractivity contribution in [3.63, 3.8) is 0 Å².